The largest absolute Gasteiger partial charge is 0.365 e. The fourth-order valence-electron chi connectivity index (χ4n) is 2.67. The highest BCUT2D eigenvalue weighted by Gasteiger charge is 2.18. The summed E-state index contributed by atoms with van der Waals surface area (Å²) in [4.78, 5) is 25.4. The number of halogens is 1. The van der Waals surface area contributed by atoms with Crippen molar-refractivity contribution in [3.8, 4) is 0 Å². The first-order valence-corrected chi connectivity index (χ1v) is 7.98. The Bertz CT molecular complexity index is 815. The molecule has 0 unspecified atom stereocenters. The summed E-state index contributed by atoms with van der Waals surface area (Å²) in [5.74, 6) is -0.738. The smallest absolute Gasteiger partial charge is 0.252 e. The molecule has 0 fully saturated rings. The second-order valence-corrected chi connectivity index (χ2v) is 6.33. The van der Waals surface area contributed by atoms with Crippen LogP contribution in [0.15, 0.2) is 18.2 Å². The van der Waals surface area contributed by atoms with Crippen LogP contribution in [0.3, 0.4) is 0 Å². The maximum atomic E-state index is 12.4. The van der Waals surface area contributed by atoms with E-state index >= 15 is 0 Å². The van der Waals surface area contributed by atoms with E-state index in [4.69, 9.17) is 17.3 Å². The Balaban J connectivity index is 2.18. The number of primary amides is 1. The van der Waals surface area contributed by atoms with Gasteiger partial charge in [-0.1, -0.05) is 29.3 Å². The zero-order valence-electron chi connectivity index (χ0n) is 14.6. The molecule has 3 N–H and O–H groups in total. The van der Waals surface area contributed by atoms with Gasteiger partial charge in [0.2, 0.25) is 5.91 Å². The van der Waals surface area contributed by atoms with Crippen molar-refractivity contribution < 1.29 is 9.59 Å². The van der Waals surface area contributed by atoms with E-state index in [-0.39, 0.29) is 29.0 Å². The summed E-state index contributed by atoms with van der Waals surface area (Å²) in [6.07, 6.45) is 0. The Morgan fingerprint density at radius 3 is 2.32 bits per heavy atom. The lowest BCUT2D eigenvalue weighted by molar-refractivity contribution is -0.114. The summed E-state index contributed by atoms with van der Waals surface area (Å²) >= 11 is 5.75. The minimum atomic E-state index is -0.690. The fraction of sp³-hybridized carbons (Fsp3) is 0.294. The lowest BCUT2D eigenvalue weighted by Gasteiger charge is -2.20. The van der Waals surface area contributed by atoms with Crippen LogP contribution >= 0.6 is 11.6 Å². The molecule has 0 spiro atoms. The highest BCUT2D eigenvalue weighted by molar-refractivity contribution is 6.29. The third kappa shape index (κ3) is 4.45. The van der Waals surface area contributed by atoms with Gasteiger partial charge in [-0.2, -0.15) is 0 Å². The molecule has 2 amide bonds. The molecular formula is C17H20ClN5O2. The van der Waals surface area contributed by atoms with E-state index in [0.717, 1.165) is 22.4 Å². The number of hydrogen-bond acceptors (Lipinski definition) is 5. The van der Waals surface area contributed by atoms with Crippen molar-refractivity contribution in [1.82, 2.24) is 10.2 Å². The van der Waals surface area contributed by atoms with Crippen LogP contribution in [0.5, 0.6) is 0 Å². The number of nitrogens with zero attached hydrogens (tertiary/aromatic N) is 3. The number of aromatic nitrogens is 2. The Hall–Kier alpha value is -2.67. The summed E-state index contributed by atoms with van der Waals surface area (Å²) in [6, 6.07) is 5.33. The Morgan fingerprint density at radius 2 is 1.76 bits per heavy atom. The predicted molar refractivity (Wildman–Crippen MR) is 98.1 cm³/mol. The number of hydrogen-bond donors (Lipinski definition) is 2. The quantitative estimate of drug-likeness (QED) is 0.850. The third-order valence-corrected chi connectivity index (χ3v) is 3.88. The molecule has 1 heterocycles. The second kappa shape index (κ2) is 7.48. The van der Waals surface area contributed by atoms with Crippen molar-refractivity contribution in [3.05, 3.63) is 45.6 Å². The third-order valence-electron chi connectivity index (χ3n) is 3.69. The van der Waals surface area contributed by atoms with Crippen LogP contribution in [-0.2, 0) is 4.79 Å². The van der Waals surface area contributed by atoms with Crippen molar-refractivity contribution >= 4 is 34.9 Å². The number of likely N-dealkylation sites (N-methyl/N-ethyl adjacent to an activating group) is 1. The predicted octanol–water partition coefficient (Wildman–Crippen LogP) is 2.23. The van der Waals surface area contributed by atoms with Crippen LogP contribution < -0.4 is 16.0 Å². The van der Waals surface area contributed by atoms with E-state index in [1.54, 1.807) is 7.05 Å². The summed E-state index contributed by atoms with van der Waals surface area (Å²) in [5.41, 5.74) is 9.33. The minimum Gasteiger partial charge on any atom is -0.365 e. The molecule has 0 radical (unpaired) electrons. The number of aryl methyl sites for hydroxylation is 3. The molecule has 7 nitrogen and oxygen atoms in total. The van der Waals surface area contributed by atoms with E-state index < -0.39 is 5.91 Å². The van der Waals surface area contributed by atoms with Gasteiger partial charge in [0.15, 0.2) is 11.0 Å². The van der Waals surface area contributed by atoms with Gasteiger partial charge in [-0.25, -0.2) is 0 Å². The first-order valence-electron chi connectivity index (χ1n) is 7.61. The van der Waals surface area contributed by atoms with Crippen LogP contribution in [0, 0.1) is 20.8 Å². The monoisotopic (exact) mass is 361 g/mol. The Morgan fingerprint density at radius 1 is 1.16 bits per heavy atom. The van der Waals surface area contributed by atoms with E-state index in [2.05, 4.69) is 15.5 Å². The molecule has 0 aliphatic carbocycles. The van der Waals surface area contributed by atoms with Crippen LogP contribution in [0.1, 0.15) is 27.0 Å². The van der Waals surface area contributed by atoms with E-state index in [9.17, 15) is 9.59 Å². The van der Waals surface area contributed by atoms with Gasteiger partial charge >= 0.3 is 0 Å². The van der Waals surface area contributed by atoms with Crippen molar-refractivity contribution in [2.45, 2.75) is 20.8 Å². The number of carbonyl (C=O) groups excluding carboxylic acids is 2. The van der Waals surface area contributed by atoms with Gasteiger partial charge in [-0.3, -0.25) is 9.59 Å². The fourth-order valence-corrected chi connectivity index (χ4v) is 2.82. The van der Waals surface area contributed by atoms with Gasteiger partial charge in [-0.15, -0.1) is 10.2 Å². The van der Waals surface area contributed by atoms with Gasteiger partial charge in [0.1, 0.15) is 0 Å². The van der Waals surface area contributed by atoms with E-state index in [1.165, 1.54) is 11.0 Å². The van der Waals surface area contributed by atoms with Crippen molar-refractivity contribution in [2.24, 2.45) is 5.73 Å². The number of benzene rings is 1. The number of amides is 2. The molecule has 0 saturated heterocycles. The lowest BCUT2D eigenvalue weighted by atomic mass is 10.1. The summed E-state index contributed by atoms with van der Waals surface area (Å²) in [7, 11) is 1.62. The Labute approximate surface area is 151 Å². The maximum absolute atomic E-state index is 12.4. The van der Waals surface area contributed by atoms with Crippen LogP contribution in [0.25, 0.3) is 0 Å². The number of nitrogens with one attached hydrogen (secondary N) is 1. The van der Waals surface area contributed by atoms with E-state index in [1.807, 2.05) is 32.9 Å². The normalized spacial score (nSPS) is 10.4. The van der Waals surface area contributed by atoms with Crippen molar-refractivity contribution in [2.75, 3.05) is 23.8 Å². The SMILES string of the molecule is Cc1cc(C)c(NC(=O)CN(C)c2nnc(Cl)cc2C(N)=O)c(C)c1. The van der Waals surface area contributed by atoms with Crippen LogP contribution in [0.4, 0.5) is 11.5 Å². The topological polar surface area (TPSA) is 101 Å². The number of rotatable bonds is 5. The van der Waals surface area contributed by atoms with Crippen LogP contribution in [-0.4, -0.2) is 35.6 Å². The van der Waals surface area contributed by atoms with Gasteiger partial charge in [-0.05, 0) is 38.0 Å². The molecule has 132 valence electrons. The maximum Gasteiger partial charge on any atom is 0.252 e. The molecule has 0 atom stereocenters. The highest BCUT2D eigenvalue weighted by atomic mass is 35.5. The number of nitrogens with two attached hydrogens (primary N) is 1. The van der Waals surface area contributed by atoms with Crippen molar-refractivity contribution in [3.63, 3.8) is 0 Å². The molecule has 2 rings (SSSR count). The zero-order chi connectivity index (χ0) is 18.7. The minimum absolute atomic E-state index is 0.0245. The molecule has 0 aliphatic heterocycles. The van der Waals surface area contributed by atoms with Gasteiger partial charge in [0.25, 0.3) is 5.91 Å². The average Bonchev–Trinajstić information content (AvgIpc) is 2.50. The highest BCUT2D eigenvalue weighted by Crippen LogP contribution is 2.22. The first kappa shape index (κ1) is 18.7. The second-order valence-electron chi connectivity index (χ2n) is 5.95. The lowest BCUT2D eigenvalue weighted by Crippen LogP contribution is -2.33. The zero-order valence-corrected chi connectivity index (χ0v) is 15.3. The summed E-state index contributed by atoms with van der Waals surface area (Å²) in [6.45, 7) is 5.86. The molecule has 1 aromatic heterocycles. The van der Waals surface area contributed by atoms with E-state index in [0.29, 0.717) is 0 Å². The molecule has 1 aromatic carbocycles. The van der Waals surface area contributed by atoms with Crippen LogP contribution in [0.2, 0.25) is 5.15 Å². The first-order chi connectivity index (χ1) is 11.7. The average molecular weight is 362 g/mol. The molecule has 0 bridgehead atoms. The molecule has 2 aromatic rings. The van der Waals surface area contributed by atoms with Crippen molar-refractivity contribution in [1.29, 1.82) is 0 Å². The summed E-state index contributed by atoms with van der Waals surface area (Å²) < 4.78 is 0. The standard InChI is InChI=1S/C17H20ClN5O2/c1-9-5-10(2)15(11(3)6-9)20-14(24)8-23(4)17-12(16(19)25)7-13(18)21-22-17/h5-7H,8H2,1-4H3,(H2,19,25)(H,20,24). The molecule has 0 saturated carbocycles. The number of carbonyl (C=O) groups is 2. The molecule has 8 heteroatoms. The molecule has 25 heavy (non-hydrogen) atoms. The van der Waals surface area contributed by atoms with Gasteiger partial charge in [0.05, 0.1) is 12.1 Å². The summed E-state index contributed by atoms with van der Waals surface area (Å²) in [5, 5.41) is 10.5. The molecule has 0 aliphatic rings. The van der Waals surface area contributed by atoms with Gasteiger partial charge < -0.3 is 16.0 Å². The number of anilines is 2. The Kier molecular flexibility index (Phi) is 5.58. The molecular weight excluding hydrogens is 342 g/mol. The van der Waals surface area contributed by atoms with Gasteiger partial charge in [0, 0.05) is 12.7 Å².